The number of hydrogen-bond donors (Lipinski definition) is 1. The van der Waals surface area contributed by atoms with Crippen LogP contribution < -0.4 is 0 Å². The highest BCUT2D eigenvalue weighted by molar-refractivity contribution is 5.81. The van der Waals surface area contributed by atoms with Gasteiger partial charge in [-0.15, -0.1) is 0 Å². The fourth-order valence-corrected chi connectivity index (χ4v) is 2.64. The zero-order valence-corrected chi connectivity index (χ0v) is 11.8. The summed E-state index contributed by atoms with van der Waals surface area (Å²) in [5, 5.41) is 9.41. The molecule has 2 unspecified atom stereocenters. The van der Waals surface area contributed by atoms with Crippen molar-refractivity contribution in [3.8, 4) is 0 Å². The van der Waals surface area contributed by atoms with Gasteiger partial charge in [0.25, 0.3) is 0 Å². The lowest BCUT2D eigenvalue weighted by atomic mass is 9.77. The second kappa shape index (κ2) is 5.69. The highest BCUT2D eigenvalue weighted by Gasteiger charge is 2.42. The molecule has 5 nitrogen and oxygen atoms in total. The van der Waals surface area contributed by atoms with Crippen molar-refractivity contribution in [2.24, 2.45) is 5.41 Å². The third kappa shape index (κ3) is 2.83. The molecule has 1 saturated heterocycles. The summed E-state index contributed by atoms with van der Waals surface area (Å²) in [7, 11) is 3.46. The molecule has 0 aromatic heterocycles. The normalized spacial score (nSPS) is 26.7. The first-order chi connectivity index (χ1) is 8.34. The molecule has 0 radical (unpaired) electrons. The average molecular weight is 256 g/mol. The number of aliphatic carboxylic acids is 1. The Morgan fingerprint density at radius 3 is 2.50 bits per heavy atom. The zero-order valence-electron chi connectivity index (χ0n) is 11.8. The van der Waals surface area contributed by atoms with Gasteiger partial charge in [-0.05, 0) is 32.7 Å². The van der Waals surface area contributed by atoms with Gasteiger partial charge in [-0.1, -0.05) is 6.92 Å². The van der Waals surface area contributed by atoms with Gasteiger partial charge in [-0.25, -0.2) is 0 Å². The SMILES string of the molecule is CCC1(C(=O)O)CCCN(C(C)C(=O)N(C)C)C1. The van der Waals surface area contributed by atoms with E-state index in [1.807, 2.05) is 18.7 Å². The van der Waals surface area contributed by atoms with E-state index in [0.29, 0.717) is 19.4 Å². The van der Waals surface area contributed by atoms with Crippen molar-refractivity contribution in [2.75, 3.05) is 27.2 Å². The molecule has 5 heteroatoms. The number of likely N-dealkylation sites (N-methyl/N-ethyl adjacent to an activating group) is 1. The minimum absolute atomic E-state index is 0.0345. The van der Waals surface area contributed by atoms with Crippen LogP contribution in [0.25, 0.3) is 0 Å². The number of carbonyl (C=O) groups excluding carboxylic acids is 1. The van der Waals surface area contributed by atoms with E-state index >= 15 is 0 Å². The highest BCUT2D eigenvalue weighted by Crippen LogP contribution is 2.34. The monoisotopic (exact) mass is 256 g/mol. The van der Waals surface area contributed by atoms with E-state index in [1.54, 1.807) is 19.0 Å². The first kappa shape index (κ1) is 15.0. The number of piperidine rings is 1. The van der Waals surface area contributed by atoms with E-state index in [4.69, 9.17) is 0 Å². The minimum atomic E-state index is -0.737. The molecule has 0 aromatic rings. The third-order valence-corrected chi connectivity index (χ3v) is 4.08. The summed E-state index contributed by atoms with van der Waals surface area (Å²) in [6.07, 6.45) is 2.16. The van der Waals surface area contributed by atoms with Crippen molar-refractivity contribution in [3.05, 3.63) is 0 Å². The molecule has 1 aliphatic heterocycles. The highest BCUT2D eigenvalue weighted by atomic mass is 16.4. The predicted molar refractivity (Wildman–Crippen MR) is 69.3 cm³/mol. The number of carbonyl (C=O) groups is 2. The fourth-order valence-electron chi connectivity index (χ4n) is 2.64. The Hall–Kier alpha value is -1.10. The largest absolute Gasteiger partial charge is 0.481 e. The summed E-state index contributed by atoms with van der Waals surface area (Å²) in [6, 6.07) is -0.245. The molecule has 104 valence electrons. The molecular formula is C13H24N2O3. The van der Waals surface area contributed by atoms with Crippen LogP contribution in [0.5, 0.6) is 0 Å². The van der Waals surface area contributed by atoms with Crippen LogP contribution in [0.1, 0.15) is 33.1 Å². The van der Waals surface area contributed by atoms with Crippen molar-refractivity contribution >= 4 is 11.9 Å². The van der Waals surface area contributed by atoms with Gasteiger partial charge >= 0.3 is 5.97 Å². The van der Waals surface area contributed by atoms with Crippen molar-refractivity contribution < 1.29 is 14.7 Å². The first-order valence-corrected chi connectivity index (χ1v) is 6.52. The number of hydrogen-bond acceptors (Lipinski definition) is 3. The van der Waals surface area contributed by atoms with Crippen molar-refractivity contribution in [1.29, 1.82) is 0 Å². The van der Waals surface area contributed by atoms with Crippen molar-refractivity contribution in [1.82, 2.24) is 9.80 Å². The summed E-state index contributed by atoms with van der Waals surface area (Å²) < 4.78 is 0. The van der Waals surface area contributed by atoms with Gasteiger partial charge in [0, 0.05) is 20.6 Å². The predicted octanol–water partition coefficient (Wildman–Crippen LogP) is 1.04. The maximum Gasteiger partial charge on any atom is 0.310 e. The van der Waals surface area contributed by atoms with E-state index in [-0.39, 0.29) is 11.9 Å². The lowest BCUT2D eigenvalue weighted by molar-refractivity contribution is -0.155. The molecule has 1 rings (SSSR count). The van der Waals surface area contributed by atoms with E-state index in [9.17, 15) is 14.7 Å². The second-order valence-electron chi connectivity index (χ2n) is 5.42. The quantitative estimate of drug-likeness (QED) is 0.816. The molecule has 1 N–H and O–H groups in total. The number of likely N-dealkylation sites (tertiary alicyclic amines) is 1. The summed E-state index contributed by atoms with van der Waals surface area (Å²) in [6.45, 7) is 5.04. The molecule has 0 aromatic carbocycles. The average Bonchev–Trinajstić information content (AvgIpc) is 2.36. The minimum Gasteiger partial charge on any atom is -0.481 e. The Bertz CT molecular complexity index is 330. The van der Waals surface area contributed by atoms with Gasteiger partial charge in [0.1, 0.15) is 0 Å². The number of amides is 1. The third-order valence-electron chi connectivity index (χ3n) is 4.08. The molecule has 0 spiro atoms. The molecule has 1 aliphatic rings. The maximum absolute atomic E-state index is 11.9. The number of nitrogens with zero attached hydrogens (tertiary/aromatic N) is 2. The van der Waals surface area contributed by atoms with Crippen LogP contribution in [0.15, 0.2) is 0 Å². The number of rotatable bonds is 4. The molecular weight excluding hydrogens is 232 g/mol. The van der Waals surface area contributed by atoms with Crippen LogP contribution in [0.4, 0.5) is 0 Å². The first-order valence-electron chi connectivity index (χ1n) is 6.52. The standard InChI is InChI=1S/C13H24N2O3/c1-5-13(12(17)18)7-6-8-15(9-13)10(2)11(16)14(3)4/h10H,5-9H2,1-4H3,(H,17,18). The molecule has 18 heavy (non-hydrogen) atoms. The van der Waals surface area contributed by atoms with Gasteiger partial charge in [0.2, 0.25) is 5.91 Å². The molecule has 1 heterocycles. The summed E-state index contributed by atoms with van der Waals surface area (Å²) in [4.78, 5) is 27.0. The molecule has 0 aliphatic carbocycles. The molecule has 2 atom stereocenters. The van der Waals surface area contributed by atoms with E-state index in [1.165, 1.54) is 0 Å². The van der Waals surface area contributed by atoms with Crippen LogP contribution in [-0.4, -0.2) is 60.0 Å². The maximum atomic E-state index is 11.9. The molecule has 0 bridgehead atoms. The Labute approximate surface area is 109 Å². The van der Waals surface area contributed by atoms with Crippen LogP contribution in [-0.2, 0) is 9.59 Å². The van der Waals surface area contributed by atoms with Gasteiger partial charge in [-0.2, -0.15) is 0 Å². The molecule has 1 fully saturated rings. The number of carboxylic acid groups (broad SMARTS) is 1. The number of carboxylic acids is 1. The second-order valence-corrected chi connectivity index (χ2v) is 5.42. The Morgan fingerprint density at radius 2 is 2.06 bits per heavy atom. The topological polar surface area (TPSA) is 60.9 Å². The van der Waals surface area contributed by atoms with Crippen LogP contribution in [0.3, 0.4) is 0 Å². The zero-order chi connectivity index (χ0) is 13.9. The van der Waals surface area contributed by atoms with Crippen molar-refractivity contribution in [2.45, 2.75) is 39.2 Å². The summed E-state index contributed by atoms with van der Waals surface area (Å²) >= 11 is 0. The Kier molecular flexibility index (Phi) is 4.73. The van der Waals surface area contributed by atoms with Gasteiger partial charge in [-0.3, -0.25) is 14.5 Å². The van der Waals surface area contributed by atoms with Gasteiger partial charge in [0.05, 0.1) is 11.5 Å². The van der Waals surface area contributed by atoms with Crippen molar-refractivity contribution in [3.63, 3.8) is 0 Å². The van der Waals surface area contributed by atoms with E-state index in [2.05, 4.69) is 0 Å². The lowest BCUT2D eigenvalue weighted by Gasteiger charge is -2.42. The van der Waals surface area contributed by atoms with E-state index in [0.717, 1.165) is 13.0 Å². The van der Waals surface area contributed by atoms with E-state index < -0.39 is 11.4 Å². The smallest absolute Gasteiger partial charge is 0.310 e. The Balaban J connectivity index is 2.80. The molecule has 1 amide bonds. The summed E-state index contributed by atoms with van der Waals surface area (Å²) in [5.74, 6) is -0.702. The van der Waals surface area contributed by atoms with Gasteiger partial charge in [0.15, 0.2) is 0 Å². The van der Waals surface area contributed by atoms with Crippen LogP contribution in [0, 0.1) is 5.41 Å². The fraction of sp³-hybridized carbons (Fsp3) is 0.846. The molecule has 0 saturated carbocycles. The van der Waals surface area contributed by atoms with Gasteiger partial charge < -0.3 is 10.0 Å². The van der Waals surface area contributed by atoms with Crippen LogP contribution >= 0.6 is 0 Å². The summed E-state index contributed by atoms with van der Waals surface area (Å²) in [5.41, 5.74) is -0.681. The lowest BCUT2D eigenvalue weighted by Crippen LogP contribution is -2.54. The van der Waals surface area contributed by atoms with Crippen LogP contribution in [0.2, 0.25) is 0 Å². The Morgan fingerprint density at radius 1 is 1.44 bits per heavy atom.